The molecule has 0 aliphatic carbocycles. The maximum atomic E-state index is 6.42. The largest absolute Gasteiger partial charge is 0.326 e. The summed E-state index contributed by atoms with van der Waals surface area (Å²) in [6.45, 7) is 8.92. The Balaban J connectivity index is 2.90. The summed E-state index contributed by atoms with van der Waals surface area (Å²) in [5, 5.41) is 4.33. The first kappa shape index (κ1) is 17.2. The van der Waals surface area contributed by atoms with E-state index in [9.17, 15) is 0 Å². The van der Waals surface area contributed by atoms with E-state index < -0.39 is 0 Å². The minimum Gasteiger partial charge on any atom is -0.326 e. The molecule has 116 valence electrons. The number of aryl methyl sites for hydroxylation is 1. The average Bonchev–Trinajstić information content (AvgIpc) is 2.87. The molecule has 2 atom stereocenters. The van der Waals surface area contributed by atoms with E-state index in [2.05, 4.69) is 37.0 Å². The fourth-order valence-electron chi connectivity index (χ4n) is 2.66. The first-order chi connectivity index (χ1) is 9.63. The van der Waals surface area contributed by atoms with E-state index in [0.717, 1.165) is 19.5 Å². The molecular weight excluding hydrogens is 248 g/mol. The second-order valence-corrected chi connectivity index (χ2v) is 5.71. The summed E-state index contributed by atoms with van der Waals surface area (Å²) in [4.78, 5) is 2.57. The van der Waals surface area contributed by atoms with Gasteiger partial charge >= 0.3 is 0 Å². The Morgan fingerprint density at radius 2 is 1.80 bits per heavy atom. The van der Waals surface area contributed by atoms with Crippen LogP contribution >= 0.6 is 0 Å². The van der Waals surface area contributed by atoms with Crippen molar-refractivity contribution in [2.24, 2.45) is 12.8 Å². The summed E-state index contributed by atoms with van der Waals surface area (Å²) in [5.41, 5.74) is 7.68. The molecule has 0 saturated carbocycles. The lowest BCUT2D eigenvalue weighted by Gasteiger charge is -2.35. The van der Waals surface area contributed by atoms with Crippen LogP contribution in [-0.4, -0.2) is 33.8 Å². The molecule has 0 spiro atoms. The molecule has 2 unspecified atom stereocenters. The Kier molecular flexibility index (Phi) is 7.85. The van der Waals surface area contributed by atoms with Crippen molar-refractivity contribution in [3.63, 3.8) is 0 Å². The van der Waals surface area contributed by atoms with Crippen molar-refractivity contribution < 1.29 is 0 Å². The van der Waals surface area contributed by atoms with Crippen LogP contribution in [0.15, 0.2) is 12.4 Å². The Morgan fingerprint density at radius 3 is 2.20 bits per heavy atom. The van der Waals surface area contributed by atoms with Crippen LogP contribution in [0.25, 0.3) is 0 Å². The van der Waals surface area contributed by atoms with E-state index in [1.54, 1.807) is 0 Å². The summed E-state index contributed by atoms with van der Waals surface area (Å²) >= 11 is 0. The number of nitrogens with zero attached hydrogens (tertiary/aromatic N) is 3. The van der Waals surface area contributed by atoms with E-state index in [-0.39, 0.29) is 6.04 Å². The quantitative estimate of drug-likeness (QED) is 0.716. The van der Waals surface area contributed by atoms with Gasteiger partial charge < -0.3 is 5.73 Å². The highest BCUT2D eigenvalue weighted by Gasteiger charge is 2.26. The first-order valence-corrected chi connectivity index (χ1v) is 8.12. The molecule has 0 fully saturated rings. The van der Waals surface area contributed by atoms with Gasteiger partial charge in [-0.05, 0) is 32.4 Å². The van der Waals surface area contributed by atoms with Crippen LogP contribution in [0, 0.1) is 0 Å². The monoisotopic (exact) mass is 280 g/mol. The fourth-order valence-corrected chi connectivity index (χ4v) is 2.66. The van der Waals surface area contributed by atoms with Gasteiger partial charge in [0.2, 0.25) is 0 Å². The zero-order chi connectivity index (χ0) is 15.0. The highest BCUT2D eigenvalue weighted by atomic mass is 15.3. The van der Waals surface area contributed by atoms with Crippen molar-refractivity contribution in [3.05, 3.63) is 18.0 Å². The van der Waals surface area contributed by atoms with Gasteiger partial charge in [0.1, 0.15) is 0 Å². The van der Waals surface area contributed by atoms with Gasteiger partial charge in [-0.25, -0.2) is 0 Å². The number of aromatic nitrogens is 2. The maximum absolute atomic E-state index is 6.42. The zero-order valence-electron chi connectivity index (χ0n) is 13.7. The topological polar surface area (TPSA) is 47.1 Å². The molecule has 1 heterocycles. The Hall–Kier alpha value is -0.870. The van der Waals surface area contributed by atoms with Crippen LogP contribution in [0.2, 0.25) is 0 Å². The summed E-state index contributed by atoms with van der Waals surface area (Å²) < 4.78 is 1.88. The van der Waals surface area contributed by atoms with Crippen LogP contribution in [0.3, 0.4) is 0 Å². The second-order valence-electron chi connectivity index (χ2n) is 5.71. The van der Waals surface area contributed by atoms with Gasteiger partial charge in [-0.1, -0.05) is 33.6 Å². The summed E-state index contributed by atoms with van der Waals surface area (Å²) in [5.74, 6) is 0. The minimum absolute atomic E-state index is 0.174. The molecule has 4 heteroatoms. The SMILES string of the molecule is CCCCN(CCCC)C(c1cnn(C)c1)C(N)CC. The van der Waals surface area contributed by atoms with Crippen molar-refractivity contribution in [2.75, 3.05) is 13.1 Å². The van der Waals surface area contributed by atoms with Crippen LogP contribution in [0.5, 0.6) is 0 Å². The van der Waals surface area contributed by atoms with Crippen molar-refractivity contribution >= 4 is 0 Å². The van der Waals surface area contributed by atoms with Gasteiger partial charge in [-0.2, -0.15) is 5.10 Å². The normalized spacial score (nSPS) is 14.7. The molecule has 0 aromatic carbocycles. The lowest BCUT2D eigenvalue weighted by atomic mass is 9.98. The highest BCUT2D eigenvalue weighted by molar-refractivity contribution is 5.13. The molecule has 1 rings (SSSR count). The van der Waals surface area contributed by atoms with E-state index in [1.807, 2.05) is 17.9 Å². The number of rotatable bonds is 10. The molecule has 1 aromatic heterocycles. The molecule has 1 aromatic rings. The average molecular weight is 280 g/mol. The van der Waals surface area contributed by atoms with E-state index in [1.165, 1.54) is 31.2 Å². The predicted molar refractivity (Wildman–Crippen MR) is 85.6 cm³/mol. The lowest BCUT2D eigenvalue weighted by Crippen LogP contribution is -2.41. The highest BCUT2D eigenvalue weighted by Crippen LogP contribution is 2.25. The van der Waals surface area contributed by atoms with E-state index in [4.69, 9.17) is 5.73 Å². The summed E-state index contributed by atoms with van der Waals surface area (Å²) in [6.07, 6.45) is 10.0. The first-order valence-electron chi connectivity index (χ1n) is 8.12. The van der Waals surface area contributed by atoms with Gasteiger partial charge in [0.15, 0.2) is 0 Å². The summed E-state index contributed by atoms with van der Waals surface area (Å²) in [7, 11) is 1.97. The molecule has 2 N–H and O–H groups in total. The van der Waals surface area contributed by atoms with E-state index >= 15 is 0 Å². The molecule has 0 amide bonds. The standard InChI is InChI=1S/C16H32N4/c1-5-8-10-20(11-9-6-2)16(15(17)7-3)14-12-18-19(4)13-14/h12-13,15-16H,5-11,17H2,1-4H3. The Bertz CT molecular complexity index is 353. The number of unbranched alkanes of at least 4 members (excludes halogenated alkanes) is 2. The van der Waals surface area contributed by atoms with Crippen molar-refractivity contribution in [1.82, 2.24) is 14.7 Å². The minimum atomic E-state index is 0.174. The number of nitrogens with two attached hydrogens (primary N) is 1. The lowest BCUT2D eigenvalue weighted by molar-refractivity contribution is 0.164. The van der Waals surface area contributed by atoms with Gasteiger partial charge in [0.05, 0.1) is 12.2 Å². The van der Waals surface area contributed by atoms with Crippen molar-refractivity contribution in [2.45, 2.75) is 65.0 Å². The fraction of sp³-hybridized carbons (Fsp3) is 0.812. The third-order valence-corrected chi connectivity index (χ3v) is 3.93. The Labute approximate surface area is 124 Å². The zero-order valence-corrected chi connectivity index (χ0v) is 13.7. The van der Waals surface area contributed by atoms with Crippen LogP contribution in [0.4, 0.5) is 0 Å². The molecule has 4 nitrogen and oxygen atoms in total. The molecule has 0 aliphatic heterocycles. The third kappa shape index (κ3) is 4.91. The van der Waals surface area contributed by atoms with Crippen LogP contribution in [-0.2, 0) is 7.05 Å². The smallest absolute Gasteiger partial charge is 0.0538 e. The predicted octanol–water partition coefficient (Wildman–Crippen LogP) is 3.10. The van der Waals surface area contributed by atoms with Gasteiger partial charge in [0.25, 0.3) is 0 Å². The van der Waals surface area contributed by atoms with Crippen LogP contribution in [0.1, 0.15) is 64.5 Å². The molecular formula is C16H32N4. The molecule has 20 heavy (non-hydrogen) atoms. The maximum Gasteiger partial charge on any atom is 0.0538 e. The van der Waals surface area contributed by atoms with Gasteiger partial charge in [-0.15, -0.1) is 0 Å². The van der Waals surface area contributed by atoms with E-state index in [0.29, 0.717) is 6.04 Å². The summed E-state index contributed by atoms with van der Waals surface area (Å²) in [6, 6.07) is 0.472. The third-order valence-electron chi connectivity index (χ3n) is 3.93. The van der Waals surface area contributed by atoms with Gasteiger partial charge in [0, 0.05) is 24.8 Å². The number of hydrogen-bond acceptors (Lipinski definition) is 3. The van der Waals surface area contributed by atoms with Gasteiger partial charge in [-0.3, -0.25) is 9.58 Å². The molecule has 0 aliphatic rings. The number of hydrogen-bond donors (Lipinski definition) is 1. The van der Waals surface area contributed by atoms with Crippen LogP contribution < -0.4 is 5.73 Å². The van der Waals surface area contributed by atoms with Crippen molar-refractivity contribution in [1.29, 1.82) is 0 Å². The molecule has 0 radical (unpaired) electrons. The van der Waals surface area contributed by atoms with Crippen molar-refractivity contribution in [3.8, 4) is 0 Å². The second kappa shape index (κ2) is 9.14. The molecule has 0 saturated heterocycles. The molecule has 0 bridgehead atoms. The Morgan fingerprint density at radius 1 is 1.20 bits per heavy atom.